The minimum absolute atomic E-state index is 0.249. The molecule has 0 heterocycles. The molecule has 1 aromatic rings. The van der Waals surface area contributed by atoms with Crippen molar-refractivity contribution in [1.82, 2.24) is 0 Å². The first kappa shape index (κ1) is 14.7. The zero-order valence-corrected chi connectivity index (χ0v) is 12.6. The molecule has 0 fully saturated rings. The van der Waals surface area contributed by atoms with Crippen molar-refractivity contribution in [3.8, 4) is 5.75 Å². The van der Waals surface area contributed by atoms with E-state index in [0.717, 1.165) is 15.6 Å². The minimum Gasteiger partial charge on any atom is -0.496 e. The Labute approximate surface area is 114 Å². The van der Waals surface area contributed by atoms with Gasteiger partial charge in [0, 0.05) is 4.47 Å². The molecule has 0 spiro atoms. The van der Waals surface area contributed by atoms with E-state index in [1.165, 1.54) is 14.2 Å². The van der Waals surface area contributed by atoms with Gasteiger partial charge in [0.2, 0.25) is 0 Å². The number of halogens is 1. The minimum atomic E-state index is -0.897. The molecule has 0 aliphatic heterocycles. The van der Waals surface area contributed by atoms with Gasteiger partial charge in [-0.15, -0.1) is 0 Å². The number of rotatable bonds is 3. The molecule has 0 amide bonds. The number of hydrogen-bond donors (Lipinski definition) is 0. The molecule has 0 atom stereocenters. The Hall–Kier alpha value is -1.36. The van der Waals surface area contributed by atoms with Crippen LogP contribution in [0.1, 0.15) is 27.0 Å². The highest BCUT2D eigenvalue weighted by Crippen LogP contribution is 2.36. The van der Waals surface area contributed by atoms with E-state index in [-0.39, 0.29) is 5.56 Å². The Balaban J connectivity index is 3.62. The number of carbonyl (C=O) groups is 2. The summed E-state index contributed by atoms with van der Waals surface area (Å²) < 4.78 is 10.5. The molecule has 5 heteroatoms. The normalized spacial score (nSPS) is 10.1. The maximum atomic E-state index is 12.0. The van der Waals surface area contributed by atoms with Gasteiger partial charge in [0.15, 0.2) is 0 Å². The number of ether oxygens (including phenoxy) is 2. The van der Waals surface area contributed by atoms with Gasteiger partial charge in [-0.3, -0.25) is 4.79 Å². The second kappa shape index (κ2) is 5.52. The molecular weight excluding hydrogens is 300 g/mol. The van der Waals surface area contributed by atoms with Crippen LogP contribution in [0.4, 0.5) is 0 Å². The van der Waals surface area contributed by atoms with Crippen molar-refractivity contribution in [2.24, 2.45) is 0 Å². The van der Waals surface area contributed by atoms with E-state index in [4.69, 9.17) is 4.74 Å². The van der Waals surface area contributed by atoms with Crippen LogP contribution >= 0.6 is 15.9 Å². The largest absolute Gasteiger partial charge is 0.496 e. The van der Waals surface area contributed by atoms with Crippen LogP contribution in [0, 0.1) is 20.8 Å². The van der Waals surface area contributed by atoms with E-state index >= 15 is 0 Å². The molecule has 0 N–H and O–H groups in total. The van der Waals surface area contributed by atoms with Gasteiger partial charge in [-0.25, -0.2) is 4.79 Å². The summed E-state index contributed by atoms with van der Waals surface area (Å²) in [5.74, 6) is -1.18. The summed E-state index contributed by atoms with van der Waals surface area (Å²) in [6, 6.07) is 0. The van der Waals surface area contributed by atoms with Crippen LogP contribution in [-0.2, 0) is 9.53 Å². The number of esters is 1. The molecule has 0 aliphatic carbocycles. The second-order valence-corrected chi connectivity index (χ2v) is 4.71. The van der Waals surface area contributed by atoms with Crippen LogP contribution in [0.15, 0.2) is 4.47 Å². The van der Waals surface area contributed by atoms with Crippen LogP contribution < -0.4 is 4.74 Å². The number of hydrogen-bond acceptors (Lipinski definition) is 4. The second-order valence-electron chi connectivity index (χ2n) is 3.92. The summed E-state index contributed by atoms with van der Waals surface area (Å²) in [6.07, 6.45) is 0. The zero-order valence-electron chi connectivity index (χ0n) is 11.0. The van der Waals surface area contributed by atoms with Crippen molar-refractivity contribution in [3.63, 3.8) is 0 Å². The Morgan fingerprint density at radius 3 is 2.00 bits per heavy atom. The molecule has 0 aromatic heterocycles. The highest BCUT2D eigenvalue weighted by molar-refractivity contribution is 9.10. The van der Waals surface area contributed by atoms with Crippen molar-refractivity contribution >= 4 is 27.7 Å². The SMILES string of the molecule is COC(=O)C(=O)c1c(C)c(Br)c(C)c(C)c1OC. The molecule has 1 aromatic carbocycles. The van der Waals surface area contributed by atoms with Crippen LogP contribution in [-0.4, -0.2) is 26.0 Å². The fourth-order valence-electron chi connectivity index (χ4n) is 1.81. The van der Waals surface area contributed by atoms with Crippen LogP contribution in [0.3, 0.4) is 0 Å². The van der Waals surface area contributed by atoms with Gasteiger partial charge < -0.3 is 9.47 Å². The third kappa shape index (κ3) is 2.27. The molecule has 0 saturated carbocycles. The van der Waals surface area contributed by atoms with E-state index in [0.29, 0.717) is 11.3 Å². The summed E-state index contributed by atoms with van der Waals surface area (Å²) >= 11 is 3.42. The van der Waals surface area contributed by atoms with Crippen molar-refractivity contribution in [3.05, 3.63) is 26.7 Å². The van der Waals surface area contributed by atoms with E-state index in [1.54, 1.807) is 6.92 Å². The molecule has 1 rings (SSSR count). The standard InChI is InChI=1S/C13H15BrO4/c1-6-7(2)12(17-4)9(8(3)10(6)14)11(15)13(16)18-5/h1-5H3. The number of methoxy groups -OCH3 is 2. The van der Waals surface area contributed by atoms with E-state index < -0.39 is 11.8 Å². The molecule has 0 saturated heterocycles. The van der Waals surface area contributed by atoms with Gasteiger partial charge in [-0.1, -0.05) is 15.9 Å². The van der Waals surface area contributed by atoms with Crippen LogP contribution in [0.5, 0.6) is 5.75 Å². The Bertz CT molecular complexity index is 520. The van der Waals surface area contributed by atoms with Gasteiger partial charge in [-0.05, 0) is 37.5 Å². The third-order valence-electron chi connectivity index (χ3n) is 2.97. The molecule has 4 nitrogen and oxygen atoms in total. The predicted molar refractivity (Wildman–Crippen MR) is 71.3 cm³/mol. The monoisotopic (exact) mass is 314 g/mol. The summed E-state index contributed by atoms with van der Waals surface area (Å²) in [5.41, 5.74) is 2.72. The summed E-state index contributed by atoms with van der Waals surface area (Å²) in [6.45, 7) is 5.52. The van der Waals surface area contributed by atoms with Gasteiger partial charge in [-0.2, -0.15) is 0 Å². The van der Waals surface area contributed by atoms with Gasteiger partial charge >= 0.3 is 5.97 Å². The Kier molecular flexibility index (Phi) is 4.51. The molecule has 0 aliphatic rings. The highest BCUT2D eigenvalue weighted by atomic mass is 79.9. The smallest absolute Gasteiger partial charge is 0.379 e. The van der Waals surface area contributed by atoms with Crippen molar-refractivity contribution in [2.45, 2.75) is 20.8 Å². The lowest BCUT2D eigenvalue weighted by molar-refractivity contribution is -0.135. The lowest BCUT2D eigenvalue weighted by Crippen LogP contribution is -2.19. The average molecular weight is 315 g/mol. The first-order valence-electron chi connectivity index (χ1n) is 5.32. The van der Waals surface area contributed by atoms with E-state index in [9.17, 15) is 9.59 Å². The quantitative estimate of drug-likeness (QED) is 0.489. The lowest BCUT2D eigenvalue weighted by Gasteiger charge is -2.17. The van der Waals surface area contributed by atoms with Crippen molar-refractivity contribution in [2.75, 3.05) is 14.2 Å². The van der Waals surface area contributed by atoms with Gasteiger partial charge in [0.25, 0.3) is 5.78 Å². The summed E-state index contributed by atoms with van der Waals surface area (Å²) in [7, 11) is 2.65. The Morgan fingerprint density at radius 1 is 1.00 bits per heavy atom. The van der Waals surface area contributed by atoms with E-state index in [2.05, 4.69) is 20.7 Å². The number of benzene rings is 1. The first-order chi connectivity index (χ1) is 8.36. The van der Waals surface area contributed by atoms with Crippen molar-refractivity contribution < 1.29 is 19.1 Å². The Morgan fingerprint density at radius 2 is 1.56 bits per heavy atom. The van der Waals surface area contributed by atoms with Crippen LogP contribution in [0.25, 0.3) is 0 Å². The topological polar surface area (TPSA) is 52.6 Å². The van der Waals surface area contributed by atoms with E-state index in [1.807, 2.05) is 13.8 Å². The fraction of sp³-hybridized carbons (Fsp3) is 0.385. The third-order valence-corrected chi connectivity index (χ3v) is 4.16. The molecule has 0 radical (unpaired) electrons. The molecule has 98 valence electrons. The number of Topliss-reactive ketones (excluding diaryl/α,β-unsaturated/α-hetero) is 1. The summed E-state index contributed by atoms with van der Waals surface area (Å²) in [5, 5.41) is 0. The number of carbonyl (C=O) groups excluding carboxylic acids is 2. The maximum absolute atomic E-state index is 12.0. The average Bonchev–Trinajstić information content (AvgIpc) is 2.38. The molecule has 0 bridgehead atoms. The predicted octanol–water partition coefficient (Wildman–Crippen LogP) is 2.74. The molecule has 0 unspecified atom stereocenters. The first-order valence-corrected chi connectivity index (χ1v) is 6.11. The zero-order chi connectivity index (χ0) is 14.0. The van der Waals surface area contributed by atoms with Crippen LogP contribution in [0.2, 0.25) is 0 Å². The maximum Gasteiger partial charge on any atom is 0.379 e. The molecular formula is C13H15BrO4. The fourth-order valence-corrected chi connectivity index (χ4v) is 2.30. The molecule has 18 heavy (non-hydrogen) atoms. The van der Waals surface area contributed by atoms with Gasteiger partial charge in [0.1, 0.15) is 5.75 Å². The highest BCUT2D eigenvalue weighted by Gasteiger charge is 2.27. The van der Waals surface area contributed by atoms with Crippen molar-refractivity contribution in [1.29, 1.82) is 0 Å². The lowest BCUT2D eigenvalue weighted by atomic mass is 9.96. The van der Waals surface area contributed by atoms with Gasteiger partial charge in [0.05, 0.1) is 19.8 Å². The summed E-state index contributed by atoms with van der Waals surface area (Å²) in [4.78, 5) is 23.4. The number of ketones is 1.